The minimum atomic E-state index is 0.277. The van der Waals surface area contributed by atoms with Crippen LogP contribution in [-0.2, 0) is 4.74 Å². The van der Waals surface area contributed by atoms with Gasteiger partial charge in [-0.05, 0) is 18.4 Å². The van der Waals surface area contributed by atoms with Crippen LogP contribution in [0.5, 0.6) is 0 Å². The van der Waals surface area contributed by atoms with E-state index in [1.807, 2.05) is 0 Å². The first-order chi connectivity index (χ1) is 8.50. The van der Waals surface area contributed by atoms with Gasteiger partial charge in [-0.2, -0.15) is 0 Å². The Morgan fingerprint density at radius 1 is 1.39 bits per heavy atom. The molecule has 6 heteroatoms. The largest absolute Gasteiger partial charge is 0.382 e. The molecule has 1 heterocycles. The van der Waals surface area contributed by atoms with E-state index in [9.17, 15) is 0 Å². The molecule has 1 rings (SSSR count). The van der Waals surface area contributed by atoms with Gasteiger partial charge in [-0.3, -0.25) is 0 Å². The van der Waals surface area contributed by atoms with Gasteiger partial charge in [0, 0.05) is 19.8 Å². The lowest BCUT2D eigenvalue weighted by Crippen LogP contribution is -2.10. The topological polar surface area (TPSA) is 60.2 Å². The molecule has 18 heavy (non-hydrogen) atoms. The van der Waals surface area contributed by atoms with Crippen LogP contribution in [0.4, 0.5) is 11.6 Å². The monoisotopic (exact) mass is 291 g/mol. The summed E-state index contributed by atoms with van der Waals surface area (Å²) in [4.78, 5) is 4.08. The highest BCUT2D eigenvalue weighted by molar-refractivity contribution is 6.37. The Kier molecular flexibility index (Phi) is 6.54. The molecule has 0 bridgehead atoms. The fraction of sp³-hybridized carbons (Fsp3) is 0.583. The Labute approximate surface area is 118 Å². The predicted octanol–water partition coefficient (Wildman–Crippen LogP) is 3.45. The van der Waals surface area contributed by atoms with Gasteiger partial charge < -0.3 is 15.8 Å². The third-order valence-corrected chi connectivity index (χ3v) is 2.76. The van der Waals surface area contributed by atoms with Gasteiger partial charge in [0.15, 0.2) is 0 Å². The van der Waals surface area contributed by atoms with Crippen molar-refractivity contribution in [1.29, 1.82) is 0 Å². The number of ether oxygens (including phenoxy) is 1. The van der Waals surface area contributed by atoms with Crippen molar-refractivity contribution >= 4 is 34.8 Å². The molecule has 0 aliphatic rings. The summed E-state index contributed by atoms with van der Waals surface area (Å²) in [5.74, 6) is 1.40. The van der Waals surface area contributed by atoms with Crippen molar-refractivity contribution in [3.05, 3.63) is 16.1 Å². The Morgan fingerprint density at radius 2 is 2.11 bits per heavy atom. The third kappa shape index (κ3) is 5.29. The number of halogens is 2. The summed E-state index contributed by atoms with van der Waals surface area (Å²) >= 11 is 11.8. The Morgan fingerprint density at radius 3 is 2.78 bits per heavy atom. The second-order valence-electron chi connectivity index (χ2n) is 4.43. The van der Waals surface area contributed by atoms with Crippen LogP contribution in [0.25, 0.3) is 0 Å². The highest BCUT2D eigenvalue weighted by Gasteiger charge is 2.06. The van der Waals surface area contributed by atoms with E-state index in [1.54, 1.807) is 6.07 Å². The van der Waals surface area contributed by atoms with Gasteiger partial charge in [-0.15, -0.1) is 0 Å². The molecule has 0 amide bonds. The lowest BCUT2D eigenvalue weighted by molar-refractivity contribution is 0.110. The van der Waals surface area contributed by atoms with Gasteiger partial charge in [-0.1, -0.05) is 37.0 Å². The molecule has 0 fully saturated rings. The predicted molar refractivity (Wildman–Crippen MR) is 77.4 cm³/mol. The third-order valence-electron chi connectivity index (χ3n) is 2.17. The van der Waals surface area contributed by atoms with Crippen molar-refractivity contribution in [3.63, 3.8) is 0 Å². The normalized spacial score (nSPS) is 10.9. The minimum Gasteiger partial charge on any atom is -0.382 e. The van der Waals surface area contributed by atoms with E-state index in [-0.39, 0.29) is 5.82 Å². The van der Waals surface area contributed by atoms with Crippen LogP contribution in [0.2, 0.25) is 10.0 Å². The van der Waals surface area contributed by atoms with Gasteiger partial charge in [-0.25, -0.2) is 4.98 Å². The summed E-state index contributed by atoms with van der Waals surface area (Å²) < 4.78 is 5.47. The van der Waals surface area contributed by atoms with Crippen LogP contribution in [0, 0.1) is 5.92 Å². The Hall–Kier alpha value is -0.710. The molecule has 102 valence electrons. The maximum absolute atomic E-state index is 5.99. The zero-order valence-electron chi connectivity index (χ0n) is 10.7. The van der Waals surface area contributed by atoms with E-state index >= 15 is 0 Å². The van der Waals surface area contributed by atoms with E-state index in [2.05, 4.69) is 24.1 Å². The number of aromatic nitrogens is 1. The van der Waals surface area contributed by atoms with Crippen LogP contribution in [0.15, 0.2) is 6.07 Å². The fourth-order valence-corrected chi connectivity index (χ4v) is 1.73. The molecular weight excluding hydrogens is 273 g/mol. The van der Waals surface area contributed by atoms with Gasteiger partial charge in [0.1, 0.15) is 11.6 Å². The number of nitrogens with one attached hydrogen (secondary N) is 1. The smallest absolute Gasteiger partial charge is 0.147 e. The molecule has 0 atom stereocenters. The quantitative estimate of drug-likeness (QED) is 0.756. The molecule has 0 aromatic carbocycles. The number of anilines is 2. The molecular formula is C12H19Cl2N3O. The van der Waals surface area contributed by atoms with E-state index in [0.29, 0.717) is 28.4 Å². The van der Waals surface area contributed by atoms with Gasteiger partial charge >= 0.3 is 0 Å². The average molecular weight is 292 g/mol. The molecule has 0 saturated heterocycles. The lowest BCUT2D eigenvalue weighted by atomic mass is 10.2. The van der Waals surface area contributed by atoms with Crippen LogP contribution < -0.4 is 11.1 Å². The van der Waals surface area contributed by atoms with Crippen LogP contribution in [-0.4, -0.2) is 24.7 Å². The second kappa shape index (κ2) is 7.67. The lowest BCUT2D eigenvalue weighted by Gasteiger charge is -2.10. The zero-order chi connectivity index (χ0) is 13.5. The second-order valence-corrected chi connectivity index (χ2v) is 5.25. The molecule has 0 spiro atoms. The summed E-state index contributed by atoms with van der Waals surface area (Å²) in [6, 6.07) is 1.59. The first-order valence-corrected chi connectivity index (χ1v) is 6.69. The van der Waals surface area contributed by atoms with Crippen molar-refractivity contribution < 1.29 is 4.74 Å². The molecule has 1 aromatic heterocycles. The van der Waals surface area contributed by atoms with Crippen molar-refractivity contribution in [2.24, 2.45) is 5.92 Å². The SMILES string of the molecule is CC(C)COCCCNc1nc(N)c(Cl)cc1Cl. The molecule has 0 saturated carbocycles. The number of nitrogens with zero attached hydrogens (tertiary/aromatic N) is 1. The van der Waals surface area contributed by atoms with Crippen molar-refractivity contribution in [3.8, 4) is 0 Å². The van der Waals surface area contributed by atoms with Crippen molar-refractivity contribution in [2.45, 2.75) is 20.3 Å². The zero-order valence-corrected chi connectivity index (χ0v) is 12.2. The summed E-state index contributed by atoms with van der Waals surface area (Å²) in [5.41, 5.74) is 5.61. The number of hydrogen-bond donors (Lipinski definition) is 2. The van der Waals surface area contributed by atoms with Crippen molar-refractivity contribution in [2.75, 3.05) is 30.8 Å². The summed E-state index contributed by atoms with van der Waals surface area (Å²) in [6.07, 6.45) is 0.882. The Bertz CT molecular complexity index is 386. The first kappa shape index (κ1) is 15.3. The molecule has 4 nitrogen and oxygen atoms in total. The van der Waals surface area contributed by atoms with Crippen LogP contribution >= 0.6 is 23.2 Å². The van der Waals surface area contributed by atoms with Gasteiger partial charge in [0.2, 0.25) is 0 Å². The molecule has 0 aliphatic heterocycles. The average Bonchev–Trinajstić information content (AvgIpc) is 2.29. The van der Waals surface area contributed by atoms with E-state index in [1.165, 1.54) is 0 Å². The summed E-state index contributed by atoms with van der Waals surface area (Å²) in [7, 11) is 0. The van der Waals surface area contributed by atoms with Crippen LogP contribution in [0.3, 0.4) is 0 Å². The van der Waals surface area contributed by atoms with E-state index in [4.69, 9.17) is 33.7 Å². The summed E-state index contributed by atoms with van der Waals surface area (Å²) in [6.45, 7) is 6.47. The number of pyridine rings is 1. The first-order valence-electron chi connectivity index (χ1n) is 5.94. The molecule has 3 N–H and O–H groups in total. The van der Waals surface area contributed by atoms with Gasteiger partial charge in [0.05, 0.1) is 10.0 Å². The number of hydrogen-bond acceptors (Lipinski definition) is 4. The number of rotatable bonds is 7. The Balaban J connectivity index is 2.29. The standard InChI is InChI=1S/C12H19Cl2N3O/c1-8(2)7-18-5-3-4-16-12-10(14)6-9(13)11(15)17-12/h6,8H,3-5,7H2,1-2H3,(H3,15,16,17). The van der Waals surface area contributed by atoms with Gasteiger partial charge in [0.25, 0.3) is 0 Å². The van der Waals surface area contributed by atoms with Crippen molar-refractivity contribution in [1.82, 2.24) is 4.98 Å². The fourth-order valence-electron chi connectivity index (χ4n) is 1.30. The molecule has 1 aromatic rings. The molecule has 0 aliphatic carbocycles. The van der Waals surface area contributed by atoms with E-state index in [0.717, 1.165) is 19.6 Å². The summed E-state index contributed by atoms with van der Waals surface area (Å²) in [5, 5.41) is 3.94. The minimum absolute atomic E-state index is 0.277. The molecule has 0 radical (unpaired) electrons. The highest BCUT2D eigenvalue weighted by Crippen LogP contribution is 2.27. The number of nitrogens with two attached hydrogens (primary N) is 1. The number of nitrogen functional groups attached to an aromatic ring is 1. The molecule has 0 unspecified atom stereocenters. The van der Waals surface area contributed by atoms with E-state index < -0.39 is 0 Å². The highest BCUT2D eigenvalue weighted by atomic mass is 35.5. The maximum Gasteiger partial charge on any atom is 0.147 e. The maximum atomic E-state index is 5.99. The van der Waals surface area contributed by atoms with Crippen LogP contribution in [0.1, 0.15) is 20.3 Å².